The van der Waals surface area contributed by atoms with Gasteiger partial charge < -0.3 is 10.6 Å². The molecule has 2 amide bonds. The van der Waals surface area contributed by atoms with Gasteiger partial charge in [-0.25, -0.2) is 0 Å². The molecule has 2 atom stereocenters. The molecule has 23 heavy (non-hydrogen) atoms. The molecule has 0 saturated carbocycles. The van der Waals surface area contributed by atoms with Crippen LogP contribution >= 0.6 is 35.0 Å². The molecule has 1 aliphatic heterocycles. The molecule has 0 unspecified atom stereocenters. The van der Waals surface area contributed by atoms with Crippen LogP contribution in [0, 0.1) is 0 Å². The maximum Gasteiger partial charge on any atom is 0.240 e. The van der Waals surface area contributed by atoms with Crippen LogP contribution in [0.1, 0.15) is 26.7 Å². The Morgan fingerprint density at radius 1 is 1.48 bits per heavy atom. The number of aliphatic imine (C=N–C) groups is 1. The summed E-state index contributed by atoms with van der Waals surface area (Å²) in [5, 5.41) is 6.11. The zero-order valence-electron chi connectivity index (χ0n) is 12.7. The van der Waals surface area contributed by atoms with E-state index in [0.29, 0.717) is 15.9 Å². The van der Waals surface area contributed by atoms with E-state index in [1.165, 1.54) is 11.8 Å². The number of benzene rings is 1. The number of hydrogen-bond acceptors (Lipinski definition) is 4. The normalized spacial score (nSPS) is 20.4. The lowest BCUT2D eigenvalue weighted by Gasteiger charge is -2.09. The smallest absolute Gasteiger partial charge is 0.240 e. The number of nitrogens with one attached hydrogen (secondary N) is 2. The van der Waals surface area contributed by atoms with E-state index in [1.807, 2.05) is 13.8 Å². The van der Waals surface area contributed by atoms with Crippen molar-refractivity contribution in [3.05, 3.63) is 28.2 Å². The number of hydrogen-bond donors (Lipinski definition) is 2. The summed E-state index contributed by atoms with van der Waals surface area (Å²) in [6, 6.07) is 5.12. The minimum absolute atomic E-state index is 0.0405. The molecule has 1 heterocycles. The SMILES string of the molecule is CC[C@@H](C)N=C1NC(=O)[C@H](CC(=O)Nc2cccc(Cl)c2Cl)S1. The van der Waals surface area contributed by atoms with Gasteiger partial charge in [0, 0.05) is 12.5 Å². The van der Waals surface area contributed by atoms with Crippen LogP contribution in [0.5, 0.6) is 0 Å². The molecule has 0 spiro atoms. The lowest BCUT2D eigenvalue weighted by Crippen LogP contribution is -2.28. The summed E-state index contributed by atoms with van der Waals surface area (Å²) in [4.78, 5) is 28.4. The van der Waals surface area contributed by atoms with Gasteiger partial charge in [0.1, 0.15) is 5.25 Å². The van der Waals surface area contributed by atoms with Crippen molar-refractivity contribution < 1.29 is 9.59 Å². The van der Waals surface area contributed by atoms with Crippen molar-refractivity contribution in [2.75, 3.05) is 5.32 Å². The average molecular weight is 374 g/mol. The van der Waals surface area contributed by atoms with Gasteiger partial charge >= 0.3 is 0 Å². The van der Waals surface area contributed by atoms with Gasteiger partial charge in [0.2, 0.25) is 11.8 Å². The molecule has 0 aliphatic carbocycles. The highest BCUT2D eigenvalue weighted by atomic mass is 35.5. The largest absolute Gasteiger partial charge is 0.325 e. The van der Waals surface area contributed by atoms with Crippen molar-refractivity contribution in [2.45, 2.75) is 38.0 Å². The van der Waals surface area contributed by atoms with Gasteiger partial charge in [0.25, 0.3) is 0 Å². The molecule has 2 N–H and O–H groups in total. The minimum Gasteiger partial charge on any atom is -0.325 e. The second kappa shape index (κ2) is 8.04. The maximum absolute atomic E-state index is 12.1. The van der Waals surface area contributed by atoms with Crippen molar-refractivity contribution in [2.24, 2.45) is 4.99 Å². The maximum atomic E-state index is 12.1. The van der Waals surface area contributed by atoms with Gasteiger partial charge in [-0.2, -0.15) is 0 Å². The second-order valence-electron chi connectivity index (χ2n) is 5.14. The van der Waals surface area contributed by atoms with Crippen LogP contribution < -0.4 is 10.6 Å². The Morgan fingerprint density at radius 2 is 2.22 bits per heavy atom. The zero-order valence-corrected chi connectivity index (χ0v) is 15.1. The van der Waals surface area contributed by atoms with Crippen LogP contribution in [-0.2, 0) is 9.59 Å². The third kappa shape index (κ3) is 4.86. The van der Waals surface area contributed by atoms with Gasteiger partial charge in [-0.1, -0.05) is 48.0 Å². The van der Waals surface area contributed by atoms with E-state index in [9.17, 15) is 9.59 Å². The highest BCUT2D eigenvalue weighted by Crippen LogP contribution is 2.30. The van der Waals surface area contributed by atoms with E-state index in [2.05, 4.69) is 15.6 Å². The van der Waals surface area contributed by atoms with E-state index in [1.54, 1.807) is 18.2 Å². The average Bonchev–Trinajstić information content (AvgIpc) is 2.83. The summed E-state index contributed by atoms with van der Waals surface area (Å²) in [5.41, 5.74) is 0.432. The van der Waals surface area contributed by atoms with E-state index >= 15 is 0 Å². The first-order chi connectivity index (χ1) is 10.9. The van der Waals surface area contributed by atoms with Gasteiger partial charge in [-0.05, 0) is 25.5 Å². The van der Waals surface area contributed by atoms with Crippen LogP contribution in [-0.4, -0.2) is 28.3 Å². The summed E-state index contributed by atoms with van der Waals surface area (Å²) < 4.78 is 0. The third-order valence-corrected chi connectivity index (χ3v) is 5.22. The van der Waals surface area contributed by atoms with Crippen molar-refractivity contribution in [3.63, 3.8) is 0 Å². The standard InChI is InChI=1S/C15H17Cl2N3O2S/c1-3-8(2)18-15-20-14(22)11(23-15)7-12(21)19-10-6-4-5-9(16)13(10)17/h4-6,8,11H,3,7H2,1-2H3,(H,19,21)(H,18,20,22)/t8-,11+/m1/s1. The van der Waals surface area contributed by atoms with Gasteiger partial charge in [0.15, 0.2) is 5.17 Å². The fraction of sp³-hybridized carbons (Fsp3) is 0.400. The van der Waals surface area contributed by atoms with Crippen molar-refractivity contribution in [1.82, 2.24) is 5.32 Å². The first-order valence-corrected chi connectivity index (χ1v) is 8.83. The molecule has 2 rings (SSSR count). The number of carbonyl (C=O) groups excluding carboxylic acids is 2. The van der Waals surface area contributed by atoms with E-state index in [0.717, 1.165) is 6.42 Å². The van der Waals surface area contributed by atoms with Crippen molar-refractivity contribution in [3.8, 4) is 0 Å². The van der Waals surface area contributed by atoms with Gasteiger partial charge in [-0.3, -0.25) is 14.6 Å². The second-order valence-corrected chi connectivity index (χ2v) is 7.12. The number of rotatable bonds is 5. The summed E-state index contributed by atoms with van der Waals surface area (Å²) in [7, 11) is 0. The van der Waals surface area contributed by atoms with Crippen LogP contribution in [0.4, 0.5) is 5.69 Å². The number of thioether (sulfide) groups is 1. The Hall–Kier alpha value is -1.24. The highest BCUT2D eigenvalue weighted by Gasteiger charge is 2.32. The molecule has 0 bridgehead atoms. The summed E-state index contributed by atoms with van der Waals surface area (Å²) >= 11 is 13.2. The Labute approximate surface area is 149 Å². The molecule has 1 fully saturated rings. The number of amides is 2. The lowest BCUT2D eigenvalue weighted by molar-refractivity contribution is -0.122. The van der Waals surface area contributed by atoms with E-state index in [-0.39, 0.29) is 29.3 Å². The first kappa shape index (κ1) is 18.1. The van der Waals surface area contributed by atoms with Gasteiger partial charge in [0.05, 0.1) is 15.7 Å². The fourth-order valence-corrected chi connectivity index (χ4v) is 3.28. The van der Waals surface area contributed by atoms with Crippen LogP contribution in [0.2, 0.25) is 10.0 Å². The third-order valence-electron chi connectivity index (χ3n) is 3.30. The number of carbonyl (C=O) groups is 2. The molecule has 8 heteroatoms. The number of anilines is 1. The molecule has 1 aromatic carbocycles. The molecule has 124 valence electrons. The molecule has 1 aromatic rings. The Morgan fingerprint density at radius 3 is 2.91 bits per heavy atom. The topological polar surface area (TPSA) is 70.6 Å². The predicted octanol–water partition coefficient (Wildman–Crippen LogP) is 3.71. The molecule has 1 saturated heterocycles. The summed E-state index contributed by atoms with van der Waals surface area (Å²) in [6.07, 6.45) is 0.928. The van der Waals surface area contributed by atoms with Crippen LogP contribution in [0.25, 0.3) is 0 Å². The molecule has 1 aliphatic rings. The lowest BCUT2D eigenvalue weighted by atomic mass is 10.2. The number of nitrogens with zero attached hydrogens (tertiary/aromatic N) is 1. The minimum atomic E-state index is -0.490. The Kier molecular flexibility index (Phi) is 6.33. The summed E-state index contributed by atoms with van der Waals surface area (Å²) in [6.45, 7) is 4.00. The zero-order chi connectivity index (χ0) is 17.0. The van der Waals surface area contributed by atoms with Gasteiger partial charge in [-0.15, -0.1) is 0 Å². The molecular formula is C15H17Cl2N3O2S. The highest BCUT2D eigenvalue weighted by molar-refractivity contribution is 8.15. The van der Waals surface area contributed by atoms with E-state index < -0.39 is 5.25 Å². The fourth-order valence-electron chi connectivity index (χ4n) is 1.86. The molecule has 5 nitrogen and oxygen atoms in total. The van der Waals surface area contributed by atoms with Crippen LogP contribution in [0.3, 0.4) is 0 Å². The molecular weight excluding hydrogens is 357 g/mol. The molecule has 0 aromatic heterocycles. The monoisotopic (exact) mass is 373 g/mol. The quantitative estimate of drug-likeness (QED) is 0.826. The summed E-state index contributed by atoms with van der Waals surface area (Å²) in [5.74, 6) is -0.504. The number of halogens is 2. The van der Waals surface area contributed by atoms with Crippen molar-refractivity contribution >= 4 is 57.6 Å². The Bertz CT molecular complexity index is 652. The number of amidine groups is 1. The molecule has 0 radical (unpaired) electrons. The van der Waals surface area contributed by atoms with E-state index in [4.69, 9.17) is 23.2 Å². The Balaban J connectivity index is 1.97. The van der Waals surface area contributed by atoms with Crippen LogP contribution in [0.15, 0.2) is 23.2 Å². The first-order valence-electron chi connectivity index (χ1n) is 7.20. The predicted molar refractivity (Wildman–Crippen MR) is 96.4 cm³/mol. The van der Waals surface area contributed by atoms with Crippen molar-refractivity contribution in [1.29, 1.82) is 0 Å².